The zero-order chi connectivity index (χ0) is 13.8. The van der Waals surface area contributed by atoms with Gasteiger partial charge in [0.05, 0.1) is 0 Å². The molecule has 0 spiro atoms. The van der Waals surface area contributed by atoms with E-state index in [1.165, 1.54) is 12.1 Å². The van der Waals surface area contributed by atoms with Crippen molar-refractivity contribution in [3.8, 4) is 0 Å². The Hall–Kier alpha value is -1.87. The molecular formula is C16H19FN2. The maximum absolute atomic E-state index is 13.2. The van der Waals surface area contributed by atoms with Crippen molar-refractivity contribution in [2.24, 2.45) is 5.73 Å². The van der Waals surface area contributed by atoms with Gasteiger partial charge in [-0.05, 0) is 42.3 Å². The summed E-state index contributed by atoms with van der Waals surface area (Å²) in [6.07, 6.45) is 0.916. The van der Waals surface area contributed by atoms with Gasteiger partial charge in [0.1, 0.15) is 5.82 Å². The third-order valence-electron chi connectivity index (χ3n) is 3.34. The second-order valence-electron chi connectivity index (χ2n) is 4.65. The van der Waals surface area contributed by atoms with Crippen LogP contribution in [0.2, 0.25) is 0 Å². The van der Waals surface area contributed by atoms with Crippen LogP contribution in [-0.2, 0) is 0 Å². The molecule has 0 radical (unpaired) electrons. The van der Waals surface area contributed by atoms with Gasteiger partial charge in [0.2, 0.25) is 0 Å². The molecule has 0 saturated carbocycles. The Balaban J connectivity index is 2.22. The zero-order valence-electron chi connectivity index (χ0n) is 11.3. The molecule has 0 aliphatic rings. The summed E-state index contributed by atoms with van der Waals surface area (Å²) in [4.78, 5) is 1.95. The average Bonchev–Trinajstić information content (AvgIpc) is 2.46. The van der Waals surface area contributed by atoms with Crippen molar-refractivity contribution in [2.75, 3.05) is 11.9 Å². The summed E-state index contributed by atoms with van der Waals surface area (Å²) >= 11 is 0. The van der Waals surface area contributed by atoms with E-state index in [4.69, 9.17) is 5.73 Å². The second-order valence-corrected chi connectivity index (χ2v) is 4.65. The lowest BCUT2D eigenvalue weighted by Gasteiger charge is -2.20. The van der Waals surface area contributed by atoms with E-state index in [1.807, 2.05) is 42.3 Å². The van der Waals surface area contributed by atoms with Gasteiger partial charge in [0.25, 0.3) is 0 Å². The molecule has 2 rings (SSSR count). The Bertz CT molecular complexity index is 537. The topological polar surface area (TPSA) is 29.3 Å². The fraction of sp³-hybridized carbons (Fsp3) is 0.250. The van der Waals surface area contributed by atoms with Crippen molar-refractivity contribution in [1.29, 1.82) is 0 Å². The number of halogens is 1. The van der Waals surface area contributed by atoms with E-state index < -0.39 is 0 Å². The molecule has 2 aromatic rings. The summed E-state index contributed by atoms with van der Waals surface area (Å²) in [7, 11) is 1.92. The van der Waals surface area contributed by atoms with Crippen LogP contribution in [0.3, 0.4) is 0 Å². The van der Waals surface area contributed by atoms with Crippen molar-refractivity contribution < 1.29 is 4.39 Å². The van der Waals surface area contributed by atoms with Crippen LogP contribution >= 0.6 is 0 Å². The predicted molar refractivity (Wildman–Crippen MR) is 78.1 cm³/mol. The standard InChI is InChI=1S/C16H19FN2/c1-3-16(18)12-7-9-14(10-8-12)19(2)15-6-4-5-13(17)11-15/h4-11,16H,3,18H2,1-2H3/t16-/m0/s1. The fourth-order valence-electron chi connectivity index (χ4n) is 2.01. The highest BCUT2D eigenvalue weighted by atomic mass is 19.1. The molecule has 3 heteroatoms. The molecule has 0 aliphatic heterocycles. The minimum atomic E-state index is -0.228. The lowest BCUT2D eigenvalue weighted by Crippen LogP contribution is -2.11. The Labute approximate surface area is 113 Å². The predicted octanol–water partition coefficient (Wildman–Crippen LogP) is 4.00. The highest BCUT2D eigenvalue weighted by Crippen LogP contribution is 2.25. The summed E-state index contributed by atoms with van der Waals surface area (Å²) in [5.74, 6) is -0.228. The minimum Gasteiger partial charge on any atom is -0.345 e. The van der Waals surface area contributed by atoms with E-state index in [1.54, 1.807) is 6.07 Å². The van der Waals surface area contributed by atoms with Crippen LogP contribution < -0.4 is 10.6 Å². The van der Waals surface area contributed by atoms with Gasteiger partial charge in [0.15, 0.2) is 0 Å². The molecule has 0 aliphatic carbocycles. The molecule has 0 amide bonds. The summed E-state index contributed by atoms with van der Waals surface area (Å²) in [6, 6.07) is 14.7. The molecule has 2 nitrogen and oxygen atoms in total. The van der Waals surface area contributed by atoms with Gasteiger partial charge in [-0.2, -0.15) is 0 Å². The monoisotopic (exact) mass is 258 g/mol. The van der Waals surface area contributed by atoms with Crippen LogP contribution in [0.25, 0.3) is 0 Å². The third kappa shape index (κ3) is 3.12. The molecular weight excluding hydrogens is 239 g/mol. The number of nitrogens with zero attached hydrogens (tertiary/aromatic N) is 1. The van der Waals surface area contributed by atoms with Crippen LogP contribution in [0.1, 0.15) is 24.9 Å². The van der Waals surface area contributed by atoms with Gasteiger partial charge in [-0.25, -0.2) is 4.39 Å². The molecule has 0 bridgehead atoms. The first-order valence-electron chi connectivity index (χ1n) is 6.46. The summed E-state index contributed by atoms with van der Waals surface area (Å²) in [6.45, 7) is 2.07. The molecule has 2 aromatic carbocycles. The van der Waals surface area contributed by atoms with Gasteiger partial charge in [-0.1, -0.05) is 25.1 Å². The number of anilines is 2. The van der Waals surface area contributed by atoms with Crippen molar-refractivity contribution in [3.63, 3.8) is 0 Å². The van der Waals surface area contributed by atoms with Crippen molar-refractivity contribution >= 4 is 11.4 Å². The van der Waals surface area contributed by atoms with Gasteiger partial charge in [0, 0.05) is 24.5 Å². The molecule has 0 fully saturated rings. The molecule has 0 heterocycles. The van der Waals surface area contributed by atoms with E-state index in [9.17, 15) is 4.39 Å². The third-order valence-corrected chi connectivity index (χ3v) is 3.34. The Morgan fingerprint density at radius 3 is 2.37 bits per heavy atom. The molecule has 0 saturated heterocycles. The first-order chi connectivity index (χ1) is 9.11. The summed E-state index contributed by atoms with van der Waals surface area (Å²) < 4.78 is 13.2. The van der Waals surface area contributed by atoms with E-state index in [0.717, 1.165) is 23.4 Å². The van der Waals surface area contributed by atoms with Crippen LogP contribution in [0.4, 0.5) is 15.8 Å². The minimum absolute atomic E-state index is 0.0773. The molecule has 19 heavy (non-hydrogen) atoms. The van der Waals surface area contributed by atoms with E-state index >= 15 is 0 Å². The highest BCUT2D eigenvalue weighted by Gasteiger charge is 2.07. The van der Waals surface area contributed by atoms with Crippen LogP contribution in [0.5, 0.6) is 0 Å². The normalized spacial score (nSPS) is 12.2. The summed E-state index contributed by atoms with van der Waals surface area (Å²) in [5, 5.41) is 0. The Kier molecular flexibility index (Phi) is 4.17. The number of rotatable bonds is 4. The molecule has 100 valence electrons. The first kappa shape index (κ1) is 13.6. The van der Waals surface area contributed by atoms with E-state index in [0.29, 0.717) is 0 Å². The van der Waals surface area contributed by atoms with Crippen LogP contribution in [0, 0.1) is 5.82 Å². The molecule has 2 N–H and O–H groups in total. The first-order valence-corrected chi connectivity index (χ1v) is 6.46. The van der Waals surface area contributed by atoms with Crippen molar-refractivity contribution in [1.82, 2.24) is 0 Å². The molecule has 0 unspecified atom stereocenters. The SMILES string of the molecule is CC[C@H](N)c1ccc(N(C)c2cccc(F)c2)cc1. The van der Waals surface area contributed by atoms with Crippen molar-refractivity contribution in [2.45, 2.75) is 19.4 Å². The number of hydrogen-bond acceptors (Lipinski definition) is 2. The van der Waals surface area contributed by atoms with Gasteiger partial charge >= 0.3 is 0 Å². The van der Waals surface area contributed by atoms with Gasteiger partial charge < -0.3 is 10.6 Å². The largest absolute Gasteiger partial charge is 0.345 e. The average molecular weight is 258 g/mol. The quantitative estimate of drug-likeness (QED) is 0.898. The van der Waals surface area contributed by atoms with Crippen molar-refractivity contribution in [3.05, 3.63) is 59.9 Å². The number of benzene rings is 2. The molecule has 0 aromatic heterocycles. The lowest BCUT2D eigenvalue weighted by atomic mass is 10.1. The highest BCUT2D eigenvalue weighted by molar-refractivity contribution is 5.62. The smallest absolute Gasteiger partial charge is 0.125 e. The van der Waals surface area contributed by atoms with Gasteiger partial charge in [-0.3, -0.25) is 0 Å². The summed E-state index contributed by atoms with van der Waals surface area (Å²) in [5.41, 5.74) is 8.95. The maximum Gasteiger partial charge on any atom is 0.125 e. The Morgan fingerprint density at radius 1 is 1.11 bits per heavy atom. The van der Waals surface area contributed by atoms with Gasteiger partial charge in [-0.15, -0.1) is 0 Å². The van der Waals surface area contributed by atoms with Crippen LogP contribution in [0.15, 0.2) is 48.5 Å². The maximum atomic E-state index is 13.2. The zero-order valence-corrected chi connectivity index (χ0v) is 11.3. The Morgan fingerprint density at radius 2 is 1.79 bits per heavy atom. The molecule has 1 atom stereocenters. The lowest BCUT2D eigenvalue weighted by molar-refractivity contribution is 0.628. The second kappa shape index (κ2) is 5.85. The number of nitrogens with two attached hydrogens (primary N) is 1. The fourth-order valence-corrected chi connectivity index (χ4v) is 2.01. The van der Waals surface area contributed by atoms with E-state index in [-0.39, 0.29) is 11.9 Å². The van der Waals surface area contributed by atoms with E-state index in [2.05, 4.69) is 6.92 Å². The van der Waals surface area contributed by atoms with Crippen LogP contribution in [-0.4, -0.2) is 7.05 Å². The number of hydrogen-bond donors (Lipinski definition) is 1.